The molecule has 8 nitrogen and oxygen atoms in total. The van der Waals surface area contributed by atoms with Crippen LogP contribution in [0.3, 0.4) is 0 Å². The molecule has 1 aromatic heterocycles. The van der Waals surface area contributed by atoms with Gasteiger partial charge in [0.1, 0.15) is 0 Å². The summed E-state index contributed by atoms with van der Waals surface area (Å²) in [7, 11) is 0. The van der Waals surface area contributed by atoms with E-state index in [1.165, 1.54) is 22.4 Å². The van der Waals surface area contributed by atoms with Gasteiger partial charge in [-0.05, 0) is 36.1 Å². The van der Waals surface area contributed by atoms with Gasteiger partial charge in [0.25, 0.3) is 11.6 Å². The highest BCUT2D eigenvalue weighted by molar-refractivity contribution is 6.03. The minimum Gasteiger partial charge on any atom is -0.321 e. The number of nitrogens with zero attached hydrogens (tertiary/aromatic N) is 4. The van der Waals surface area contributed by atoms with E-state index >= 15 is 0 Å². The van der Waals surface area contributed by atoms with Gasteiger partial charge in [0.05, 0.1) is 16.3 Å². The maximum Gasteiger partial charge on any atom is 0.278 e. The quantitative estimate of drug-likeness (QED) is 0.544. The Bertz CT molecular complexity index is 1030. The number of nitro benzene ring substituents is 1. The molecule has 1 N–H and O–H groups in total. The van der Waals surface area contributed by atoms with Gasteiger partial charge in [0.2, 0.25) is 0 Å². The largest absolute Gasteiger partial charge is 0.321 e. The third kappa shape index (κ3) is 3.90. The number of nitro groups is 1. The van der Waals surface area contributed by atoms with Crippen molar-refractivity contribution in [2.45, 2.75) is 33.1 Å². The molecule has 0 fully saturated rings. The van der Waals surface area contributed by atoms with Crippen molar-refractivity contribution >= 4 is 17.3 Å². The summed E-state index contributed by atoms with van der Waals surface area (Å²) in [5.74, 6) is -0.391. The number of hydrogen-bond donors (Lipinski definition) is 1. The summed E-state index contributed by atoms with van der Waals surface area (Å²) in [6.07, 6.45) is 0. The summed E-state index contributed by atoms with van der Waals surface area (Å²) in [5.41, 5.74) is 2.90. The Hall–Kier alpha value is -3.55. The van der Waals surface area contributed by atoms with Gasteiger partial charge >= 0.3 is 0 Å². The van der Waals surface area contributed by atoms with Gasteiger partial charge in [0.15, 0.2) is 5.69 Å². The fraction of sp³-hybridized carbons (Fsp3) is 0.250. The predicted molar refractivity (Wildman–Crippen MR) is 106 cm³/mol. The second-order valence-corrected chi connectivity index (χ2v) is 7.49. The van der Waals surface area contributed by atoms with Crippen molar-refractivity contribution in [1.29, 1.82) is 0 Å². The Balaban J connectivity index is 1.82. The van der Waals surface area contributed by atoms with Gasteiger partial charge in [-0.25, -0.2) is 4.68 Å². The van der Waals surface area contributed by atoms with E-state index < -0.39 is 10.8 Å². The number of nitrogens with one attached hydrogen (secondary N) is 1. The molecule has 0 bridgehead atoms. The van der Waals surface area contributed by atoms with Gasteiger partial charge in [0, 0.05) is 17.8 Å². The molecule has 8 heteroatoms. The van der Waals surface area contributed by atoms with Crippen molar-refractivity contribution < 1.29 is 9.72 Å². The van der Waals surface area contributed by atoms with Gasteiger partial charge in [-0.1, -0.05) is 44.2 Å². The average Bonchev–Trinajstić information content (AvgIpc) is 3.03. The van der Waals surface area contributed by atoms with Crippen LogP contribution in [0.5, 0.6) is 0 Å². The van der Waals surface area contributed by atoms with Crippen LogP contribution in [0.2, 0.25) is 0 Å². The molecule has 0 radical (unpaired) electrons. The second kappa shape index (κ2) is 7.22. The molecule has 0 aliphatic heterocycles. The van der Waals surface area contributed by atoms with E-state index in [9.17, 15) is 14.9 Å². The van der Waals surface area contributed by atoms with Crippen molar-refractivity contribution in [2.24, 2.45) is 0 Å². The van der Waals surface area contributed by atoms with Crippen LogP contribution in [0.1, 0.15) is 42.5 Å². The number of aromatic nitrogens is 3. The lowest BCUT2D eigenvalue weighted by molar-refractivity contribution is -0.384. The molecule has 0 aliphatic rings. The summed E-state index contributed by atoms with van der Waals surface area (Å²) in [4.78, 5) is 23.1. The molecule has 0 atom stereocenters. The smallest absolute Gasteiger partial charge is 0.278 e. The summed E-state index contributed by atoms with van der Waals surface area (Å²) in [5, 5.41) is 21.7. The number of amides is 1. The Morgan fingerprint density at radius 3 is 2.43 bits per heavy atom. The van der Waals surface area contributed by atoms with Crippen LogP contribution in [0, 0.1) is 17.0 Å². The third-order valence-corrected chi connectivity index (χ3v) is 4.40. The number of hydrogen-bond acceptors (Lipinski definition) is 5. The number of benzene rings is 2. The topological polar surface area (TPSA) is 103 Å². The molecule has 2 aromatic carbocycles. The van der Waals surface area contributed by atoms with Crippen molar-refractivity contribution in [3.63, 3.8) is 0 Å². The molecule has 1 heterocycles. The summed E-state index contributed by atoms with van der Waals surface area (Å²) < 4.78 is 1.41. The Morgan fingerprint density at radius 1 is 1.14 bits per heavy atom. The molecule has 0 unspecified atom stereocenters. The number of rotatable bonds is 4. The number of carbonyl (C=O) groups is 1. The van der Waals surface area contributed by atoms with Crippen LogP contribution in [0.4, 0.5) is 11.4 Å². The van der Waals surface area contributed by atoms with E-state index in [0.29, 0.717) is 17.1 Å². The van der Waals surface area contributed by atoms with Gasteiger partial charge in [-0.3, -0.25) is 14.9 Å². The van der Waals surface area contributed by atoms with Gasteiger partial charge in [-0.15, -0.1) is 5.10 Å². The number of carbonyl (C=O) groups excluding carboxylic acids is 1. The maximum absolute atomic E-state index is 12.6. The summed E-state index contributed by atoms with van der Waals surface area (Å²) in [6, 6.07) is 13.6. The molecule has 1 amide bonds. The van der Waals surface area contributed by atoms with Crippen LogP contribution in [0.25, 0.3) is 5.69 Å². The minimum atomic E-state index is -0.482. The van der Waals surface area contributed by atoms with Gasteiger partial charge in [-0.2, -0.15) is 0 Å². The highest BCUT2D eigenvalue weighted by Gasteiger charge is 2.19. The molecule has 0 aliphatic carbocycles. The molecule has 0 spiro atoms. The van der Waals surface area contributed by atoms with Crippen LogP contribution >= 0.6 is 0 Å². The first kappa shape index (κ1) is 19.2. The van der Waals surface area contributed by atoms with E-state index in [1.807, 2.05) is 24.3 Å². The Labute approximate surface area is 162 Å². The lowest BCUT2D eigenvalue weighted by Gasteiger charge is -2.19. The van der Waals surface area contributed by atoms with E-state index in [-0.39, 0.29) is 16.8 Å². The summed E-state index contributed by atoms with van der Waals surface area (Å²) >= 11 is 0. The van der Waals surface area contributed by atoms with E-state index in [1.54, 1.807) is 19.1 Å². The first-order valence-electron chi connectivity index (χ1n) is 8.76. The monoisotopic (exact) mass is 379 g/mol. The predicted octanol–water partition coefficient (Wildman–Crippen LogP) is 4.03. The minimum absolute atomic E-state index is 0.0279. The van der Waals surface area contributed by atoms with Crippen LogP contribution < -0.4 is 5.32 Å². The average molecular weight is 379 g/mol. The van der Waals surface area contributed by atoms with E-state index in [0.717, 1.165) is 0 Å². The zero-order valence-corrected chi connectivity index (χ0v) is 16.1. The zero-order chi connectivity index (χ0) is 20.5. The van der Waals surface area contributed by atoms with Crippen molar-refractivity contribution in [3.05, 3.63) is 75.6 Å². The normalized spacial score (nSPS) is 11.3. The lowest BCUT2D eigenvalue weighted by atomic mass is 9.87. The lowest BCUT2D eigenvalue weighted by Crippen LogP contribution is -2.15. The standard InChI is InChI=1S/C20H21N5O3/c1-13-18(19(26)21-15-10-8-14(9-11-15)20(2,3)4)22-23-24(13)16-6-5-7-17(12-16)25(27)28/h5-12H,1-4H3,(H,21,26). The molecule has 144 valence electrons. The first-order valence-corrected chi connectivity index (χ1v) is 8.76. The molecule has 3 aromatic rings. The van der Waals surface area contributed by atoms with Crippen LogP contribution in [-0.4, -0.2) is 25.8 Å². The van der Waals surface area contributed by atoms with E-state index in [4.69, 9.17) is 0 Å². The Kier molecular flexibility index (Phi) is 4.96. The zero-order valence-electron chi connectivity index (χ0n) is 16.1. The summed E-state index contributed by atoms with van der Waals surface area (Å²) in [6.45, 7) is 8.05. The maximum atomic E-state index is 12.6. The molecule has 28 heavy (non-hydrogen) atoms. The SMILES string of the molecule is Cc1c(C(=O)Nc2ccc(C(C)(C)C)cc2)nnn1-c1cccc([N+](=O)[O-])c1. The molecular formula is C20H21N5O3. The van der Waals surface area contributed by atoms with Crippen LogP contribution in [-0.2, 0) is 5.41 Å². The van der Waals surface area contributed by atoms with E-state index in [2.05, 4.69) is 36.4 Å². The van der Waals surface area contributed by atoms with Crippen molar-refractivity contribution in [1.82, 2.24) is 15.0 Å². The Morgan fingerprint density at radius 2 is 1.82 bits per heavy atom. The third-order valence-electron chi connectivity index (χ3n) is 4.40. The molecule has 0 saturated heterocycles. The highest BCUT2D eigenvalue weighted by atomic mass is 16.6. The second-order valence-electron chi connectivity index (χ2n) is 7.49. The molecule has 0 saturated carbocycles. The fourth-order valence-corrected chi connectivity index (χ4v) is 2.77. The van der Waals surface area contributed by atoms with Crippen LogP contribution in [0.15, 0.2) is 48.5 Å². The van der Waals surface area contributed by atoms with Crippen molar-refractivity contribution in [2.75, 3.05) is 5.32 Å². The number of anilines is 1. The van der Waals surface area contributed by atoms with Crippen molar-refractivity contribution in [3.8, 4) is 5.69 Å². The fourth-order valence-electron chi connectivity index (χ4n) is 2.77. The molecule has 3 rings (SSSR count). The number of non-ortho nitro benzene ring substituents is 1. The first-order chi connectivity index (χ1) is 13.2. The highest BCUT2D eigenvalue weighted by Crippen LogP contribution is 2.24. The van der Waals surface area contributed by atoms with Gasteiger partial charge < -0.3 is 5.32 Å². The molecular weight excluding hydrogens is 358 g/mol.